The number of nitrogens with zero attached hydrogens (tertiary/aromatic N) is 4. The topological polar surface area (TPSA) is 80.5 Å². The van der Waals surface area contributed by atoms with Gasteiger partial charge in [0.2, 0.25) is 0 Å². The maximum absolute atomic E-state index is 6.14. The number of fused-ring (bicyclic) bond motifs is 2. The van der Waals surface area contributed by atoms with E-state index in [9.17, 15) is 0 Å². The molecule has 4 rings (SSSR count). The standard InChI is InChI=1S/C17H23ClN4O4/c1-17(2,3)24-6-9-5-10(13-12(9)25-16(23-4)26-13)22-8-21-11-14(18)19-7-20-15(11)22/h7-10,12-13,16H,5-6H2,1-4H3/t9-,10-,12-,13+,16?/m0/s1. The van der Waals surface area contributed by atoms with E-state index in [1.807, 2.05) is 25.3 Å². The van der Waals surface area contributed by atoms with Crippen molar-refractivity contribution in [1.29, 1.82) is 0 Å². The van der Waals surface area contributed by atoms with Crippen molar-refractivity contribution in [3.05, 3.63) is 17.8 Å². The SMILES string of the molecule is COC1O[C@H]2[C@H](COC(C)(C)C)C[C@H](n3cnc4c(Cl)ncnc43)[C@H]2O1. The smallest absolute Gasteiger partial charge is 0.272 e. The van der Waals surface area contributed by atoms with Crippen molar-refractivity contribution in [1.82, 2.24) is 19.5 Å². The first kappa shape index (κ1) is 18.1. The van der Waals surface area contributed by atoms with Gasteiger partial charge >= 0.3 is 0 Å². The lowest BCUT2D eigenvalue weighted by molar-refractivity contribution is -0.238. The van der Waals surface area contributed by atoms with E-state index in [-0.39, 0.29) is 29.8 Å². The summed E-state index contributed by atoms with van der Waals surface area (Å²) in [5, 5.41) is 0.342. The molecule has 0 amide bonds. The minimum atomic E-state index is -0.669. The second-order valence-corrected chi connectivity index (χ2v) is 8.06. The first-order valence-electron chi connectivity index (χ1n) is 8.68. The first-order valence-corrected chi connectivity index (χ1v) is 9.06. The monoisotopic (exact) mass is 382 g/mol. The lowest BCUT2D eigenvalue weighted by atomic mass is 10.1. The fourth-order valence-electron chi connectivity index (χ4n) is 3.68. The van der Waals surface area contributed by atoms with Crippen LogP contribution >= 0.6 is 11.6 Å². The molecule has 2 aromatic heterocycles. The van der Waals surface area contributed by atoms with E-state index < -0.39 is 6.48 Å². The molecule has 8 nitrogen and oxygen atoms in total. The second kappa shape index (κ2) is 6.69. The molecule has 0 N–H and O–H groups in total. The van der Waals surface area contributed by atoms with Gasteiger partial charge in [0.15, 0.2) is 10.8 Å². The minimum absolute atomic E-state index is 0.00434. The van der Waals surface area contributed by atoms with Crippen LogP contribution in [0.2, 0.25) is 5.15 Å². The van der Waals surface area contributed by atoms with Crippen LogP contribution in [0.15, 0.2) is 12.7 Å². The molecule has 0 radical (unpaired) electrons. The fraction of sp³-hybridized carbons (Fsp3) is 0.706. The van der Waals surface area contributed by atoms with Crippen LogP contribution in [0.25, 0.3) is 11.2 Å². The van der Waals surface area contributed by atoms with Gasteiger partial charge in [0.25, 0.3) is 6.48 Å². The highest BCUT2D eigenvalue weighted by molar-refractivity contribution is 6.33. The van der Waals surface area contributed by atoms with Gasteiger partial charge in [-0.25, -0.2) is 15.0 Å². The molecule has 1 saturated carbocycles. The Hall–Kier alpha value is -1.32. The van der Waals surface area contributed by atoms with Gasteiger partial charge in [-0.2, -0.15) is 0 Å². The summed E-state index contributed by atoms with van der Waals surface area (Å²) in [6.07, 6.45) is 3.74. The third-order valence-electron chi connectivity index (χ3n) is 4.84. The number of hydrogen-bond donors (Lipinski definition) is 0. The van der Waals surface area contributed by atoms with Crippen LogP contribution in [0.4, 0.5) is 0 Å². The predicted octanol–water partition coefficient (Wildman–Crippen LogP) is 2.57. The Labute approximate surface area is 156 Å². The van der Waals surface area contributed by atoms with E-state index in [4.69, 9.17) is 30.5 Å². The van der Waals surface area contributed by atoms with Gasteiger partial charge in [-0.15, -0.1) is 0 Å². The molecule has 2 aliphatic rings. The largest absolute Gasteiger partial charge is 0.375 e. The number of methoxy groups -OCH3 is 1. The Morgan fingerprint density at radius 1 is 1.23 bits per heavy atom. The molecule has 9 heteroatoms. The number of rotatable bonds is 4. The third kappa shape index (κ3) is 3.20. The van der Waals surface area contributed by atoms with Crippen molar-refractivity contribution in [3.63, 3.8) is 0 Å². The lowest BCUT2D eigenvalue weighted by Gasteiger charge is -2.24. The molecule has 26 heavy (non-hydrogen) atoms. The number of imidazole rings is 1. The molecule has 0 spiro atoms. The summed E-state index contributed by atoms with van der Waals surface area (Å²) < 4.78 is 25.2. The summed E-state index contributed by atoms with van der Waals surface area (Å²) in [5.74, 6) is 0.180. The minimum Gasteiger partial charge on any atom is -0.375 e. The highest BCUT2D eigenvalue weighted by atomic mass is 35.5. The highest BCUT2D eigenvalue weighted by Gasteiger charge is 2.52. The van der Waals surface area contributed by atoms with E-state index in [1.165, 1.54) is 6.33 Å². The van der Waals surface area contributed by atoms with Crippen molar-refractivity contribution in [2.24, 2.45) is 5.92 Å². The summed E-state index contributed by atoms with van der Waals surface area (Å²) in [4.78, 5) is 12.7. The molecule has 2 fully saturated rings. The summed E-state index contributed by atoms with van der Waals surface area (Å²) >= 11 is 6.14. The van der Waals surface area contributed by atoms with E-state index in [0.29, 0.717) is 22.9 Å². The van der Waals surface area contributed by atoms with Gasteiger partial charge < -0.3 is 23.5 Å². The van der Waals surface area contributed by atoms with Crippen LogP contribution in [0, 0.1) is 5.92 Å². The molecule has 1 unspecified atom stereocenters. The molecule has 1 aliphatic heterocycles. The molecule has 1 aliphatic carbocycles. The fourth-order valence-corrected chi connectivity index (χ4v) is 3.86. The Kier molecular flexibility index (Phi) is 4.65. The van der Waals surface area contributed by atoms with Crippen LogP contribution in [-0.2, 0) is 18.9 Å². The van der Waals surface area contributed by atoms with Crippen LogP contribution in [0.3, 0.4) is 0 Å². The molecule has 5 atom stereocenters. The van der Waals surface area contributed by atoms with Crippen molar-refractivity contribution >= 4 is 22.8 Å². The number of hydrogen-bond acceptors (Lipinski definition) is 7. The maximum atomic E-state index is 6.14. The van der Waals surface area contributed by atoms with Crippen LogP contribution in [0.1, 0.15) is 33.2 Å². The summed E-state index contributed by atoms with van der Waals surface area (Å²) in [6, 6.07) is 0.00434. The molecule has 2 aromatic rings. The van der Waals surface area contributed by atoms with Crippen molar-refractivity contribution in [2.75, 3.05) is 13.7 Å². The number of halogens is 1. The van der Waals surface area contributed by atoms with Gasteiger partial charge in [-0.05, 0) is 27.2 Å². The molecule has 0 aromatic carbocycles. The maximum Gasteiger partial charge on any atom is 0.272 e. The Morgan fingerprint density at radius 3 is 2.73 bits per heavy atom. The Bertz CT molecular complexity index is 793. The molecular formula is C17H23ClN4O4. The average molecular weight is 383 g/mol. The molecule has 3 heterocycles. The van der Waals surface area contributed by atoms with Gasteiger partial charge in [-0.1, -0.05) is 11.6 Å². The first-order chi connectivity index (χ1) is 12.4. The zero-order chi connectivity index (χ0) is 18.5. The van der Waals surface area contributed by atoms with E-state index in [0.717, 1.165) is 6.42 Å². The average Bonchev–Trinajstić information content (AvgIpc) is 3.25. The quantitative estimate of drug-likeness (QED) is 0.751. The molecular weight excluding hydrogens is 360 g/mol. The number of aromatic nitrogens is 4. The van der Waals surface area contributed by atoms with E-state index >= 15 is 0 Å². The Balaban J connectivity index is 1.64. The van der Waals surface area contributed by atoms with Crippen LogP contribution < -0.4 is 0 Å². The molecule has 0 bridgehead atoms. The van der Waals surface area contributed by atoms with Crippen molar-refractivity contribution < 1.29 is 18.9 Å². The second-order valence-electron chi connectivity index (χ2n) is 7.70. The third-order valence-corrected chi connectivity index (χ3v) is 5.12. The van der Waals surface area contributed by atoms with Crippen molar-refractivity contribution in [2.45, 2.75) is 57.5 Å². The normalized spacial score (nSPS) is 31.7. The predicted molar refractivity (Wildman–Crippen MR) is 93.7 cm³/mol. The van der Waals surface area contributed by atoms with Gasteiger partial charge in [0.05, 0.1) is 30.7 Å². The van der Waals surface area contributed by atoms with Crippen molar-refractivity contribution in [3.8, 4) is 0 Å². The van der Waals surface area contributed by atoms with Crippen LogP contribution in [-0.4, -0.2) is 57.5 Å². The van der Waals surface area contributed by atoms with Gasteiger partial charge in [0.1, 0.15) is 17.9 Å². The lowest BCUT2D eigenvalue weighted by Crippen LogP contribution is -2.30. The zero-order valence-electron chi connectivity index (χ0n) is 15.3. The summed E-state index contributed by atoms with van der Waals surface area (Å²) in [6.45, 7) is 6.05. The number of ether oxygens (including phenoxy) is 4. The molecule has 1 saturated heterocycles. The molecule has 142 valence electrons. The highest BCUT2D eigenvalue weighted by Crippen LogP contribution is 2.45. The van der Waals surface area contributed by atoms with Gasteiger partial charge in [-0.3, -0.25) is 0 Å². The van der Waals surface area contributed by atoms with E-state index in [1.54, 1.807) is 13.4 Å². The zero-order valence-corrected chi connectivity index (χ0v) is 16.0. The van der Waals surface area contributed by atoms with E-state index in [2.05, 4.69) is 15.0 Å². The summed E-state index contributed by atoms with van der Waals surface area (Å²) in [5.41, 5.74) is 1.06. The Morgan fingerprint density at radius 2 is 2.00 bits per heavy atom. The van der Waals surface area contributed by atoms with Crippen LogP contribution in [0.5, 0.6) is 0 Å². The van der Waals surface area contributed by atoms with Gasteiger partial charge in [0, 0.05) is 13.0 Å². The summed E-state index contributed by atoms with van der Waals surface area (Å²) in [7, 11) is 1.57.